The Morgan fingerprint density at radius 1 is 1.47 bits per heavy atom. The lowest BCUT2D eigenvalue weighted by atomic mass is 10.0. The van der Waals surface area contributed by atoms with Gasteiger partial charge in [0.15, 0.2) is 0 Å². The number of nitrogens with one attached hydrogen (secondary N) is 1. The first kappa shape index (κ1) is 11.3. The second kappa shape index (κ2) is 4.03. The Bertz CT molecular complexity index is 484. The van der Waals surface area contributed by atoms with E-state index in [0.717, 1.165) is 15.6 Å². The second-order valence-corrected chi connectivity index (χ2v) is 6.89. The number of sulfonamides is 1. The summed E-state index contributed by atoms with van der Waals surface area (Å²) >= 11 is 2.20. The minimum atomic E-state index is -3.28. The summed E-state index contributed by atoms with van der Waals surface area (Å²) in [6, 6.07) is 5.48. The van der Waals surface area contributed by atoms with Crippen molar-refractivity contribution < 1.29 is 8.42 Å². The highest BCUT2D eigenvalue weighted by atomic mass is 127. The molecule has 0 fully saturated rings. The first-order chi connectivity index (χ1) is 6.99. The van der Waals surface area contributed by atoms with Crippen molar-refractivity contribution in [2.75, 3.05) is 6.54 Å². The number of benzene rings is 1. The van der Waals surface area contributed by atoms with E-state index in [1.54, 1.807) is 6.07 Å². The van der Waals surface area contributed by atoms with E-state index >= 15 is 0 Å². The van der Waals surface area contributed by atoms with E-state index in [-0.39, 0.29) is 0 Å². The molecule has 0 amide bonds. The van der Waals surface area contributed by atoms with Crippen LogP contribution < -0.4 is 4.72 Å². The smallest absolute Gasteiger partial charge is 0.211 e. The van der Waals surface area contributed by atoms with Gasteiger partial charge in [0.05, 0.1) is 4.90 Å². The second-order valence-electron chi connectivity index (χ2n) is 3.91. The van der Waals surface area contributed by atoms with Crippen molar-refractivity contribution in [2.45, 2.75) is 18.2 Å². The molecule has 1 aliphatic rings. The van der Waals surface area contributed by atoms with Crippen LogP contribution in [0.3, 0.4) is 0 Å². The summed E-state index contributed by atoms with van der Waals surface area (Å²) in [5, 5.41) is 0. The summed E-state index contributed by atoms with van der Waals surface area (Å²) in [6.45, 7) is 2.57. The summed E-state index contributed by atoms with van der Waals surface area (Å²) < 4.78 is 27.4. The minimum absolute atomic E-state index is 0.347. The number of fused-ring (bicyclic) bond motifs is 1. The molecule has 3 nitrogen and oxygen atoms in total. The molecule has 5 heteroatoms. The normalized spacial score (nSPS) is 24.3. The van der Waals surface area contributed by atoms with Crippen molar-refractivity contribution in [1.29, 1.82) is 0 Å². The van der Waals surface area contributed by atoms with E-state index in [2.05, 4.69) is 34.2 Å². The quantitative estimate of drug-likeness (QED) is 0.734. The van der Waals surface area contributed by atoms with Gasteiger partial charge in [-0.15, -0.1) is 0 Å². The molecule has 1 atom stereocenters. The van der Waals surface area contributed by atoms with Gasteiger partial charge in [0.1, 0.15) is 0 Å². The predicted octanol–water partition coefficient (Wildman–Crippen LogP) is 1.76. The van der Waals surface area contributed by atoms with Crippen molar-refractivity contribution in [1.82, 2.24) is 4.72 Å². The molecule has 1 aromatic rings. The van der Waals surface area contributed by atoms with Crippen LogP contribution in [0.1, 0.15) is 12.5 Å². The van der Waals surface area contributed by atoms with E-state index < -0.39 is 10.0 Å². The Hall–Kier alpha value is -0.140. The van der Waals surface area contributed by atoms with Crippen molar-refractivity contribution in [3.8, 4) is 0 Å². The topological polar surface area (TPSA) is 46.2 Å². The summed E-state index contributed by atoms with van der Waals surface area (Å²) in [4.78, 5) is 0.437. The van der Waals surface area contributed by atoms with E-state index in [0.29, 0.717) is 17.4 Å². The molecule has 0 radical (unpaired) electrons. The Labute approximate surface area is 103 Å². The molecular weight excluding hydrogens is 325 g/mol. The van der Waals surface area contributed by atoms with Crippen LogP contribution in [0.25, 0.3) is 0 Å². The average molecular weight is 337 g/mol. The van der Waals surface area contributed by atoms with Crippen LogP contribution in [0.5, 0.6) is 0 Å². The fourth-order valence-corrected chi connectivity index (χ4v) is 3.70. The monoisotopic (exact) mass is 337 g/mol. The van der Waals surface area contributed by atoms with Crippen molar-refractivity contribution >= 4 is 32.6 Å². The third-order valence-corrected chi connectivity index (χ3v) is 4.70. The number of hydrogen-bond acceptors (Lipinski definition) is 2. The zero-order valence-electron chi connectivity index (χ0n) is 8.33. The van der Waals surface area contributed by atoms with Crippen LogP contribution in [0.2, 0.25) is 0 Å². The molecule has 1 heterocycles. The largest absolute Gasteiger partial charge is 0.240 e. The molecule has 1 aliphatic heterocycles. The number of halogens is 1. The lowest BCUT2D eigenvalue weighted by Crippen LogP contribution is -2.26. The average Bonchev–Trinajstić information content (AvgIpc) is 2.24. The van der Waals surface area contributed by atoms with Gasteiger partial charge in [0.25, 0.3) is 0 Å². The zero-order valence-corrected chi connectivity index (χ0v) is 11.3. The molecule has 0 aliphatic carbocycles. The van der Waals surface area contributed by atoms with Gasteiger partial charge in [-0.3, -0.25) is 0 Å². The summed E-state index contributed by atoms with van der Waals surface area (Å²) in [6.07, 6.45) is 0.818. The Morgan fingerprint density at radius 2 is 2.20 bits per heavy atom. The lowest BCUT2D eigenvalue weighted by Gasteiger charge is -2.06. The van der Waals surface area contributed by atoms with Gasteiger partial charge in [-0.25, -0.2) is 13.1 Å². The minimum Gasteiger partial charge on any atom is -0.211 e. The number of hydrogen-bond donors (Lipinski definition) is 1. The Balaban J connectivity index is 2.61. The van der Waals surface area contributed by atoms with Gasteiger partial charge >= 0.3 is 0 Å². The Morgan fingerprint density at radius 3 is 2.93 bits per heavy atom. The highest BCUT2D eigenvalue weighted by molar-refractivity contribution is 14.1. The van der Waals surface area contributed by atoms with Crippen LogP contribution in [0.4, 0.5) is 0 Å². The number of rotatable bonds is 0. The van der Waals surface area contributed by atoms with E-state index in [1.165, 1.54) is 0 Å². The van der Waals surface area contributed by atoms with Crippen molar-refractivity contribution in [3.63, 3.8) is 0 Å². The van der Waals surface area contributed by atoms with Crippen LogP contribution in [-0.4, -0.2) is 15.0 Å². The summed E-state index contributed by atoms with van der Waals surface area (Å²) in [5.74, 6) is 0.347. The highest BCUT2D eigenvalue weighted by Gasteiger charge is 2.23. The molecule has 0 saturated carbocycles. The third kappa shape index (κ3) is 2.34. The molecule has 82 valence electrons. The Kier molecular flexibility index (Phi) is 3.05. The maximum Gasteiger partial charge on any atom is 0.240 e. The molecule has 2 rings (SSSR count). The van der Waals surface area contributed by atoms with E-state index in [4.69, 9.17) is 0 Å². The van der Waals surface area contributed by atoms with Crippen LogP contribution in [0.15, 0.2) is 23.1 Å². The van der Waals surface area contributed by atoms with E-state index in [9.17, 15) is 8.42 Å². The molecule has 0 aromatic heterocycles. The molecule has 1 N–H and O–H groups in total. The summed E-state index contributed by atoms with van der Waals surface area (Å²) in [7, 11) is -3.28. The van der Waals surface area contributed by atoms with Crippen LogP contribution in [0, 0.1) is 9.49 Å². The first-order valence-electron chi connectivity index (χ1n) is 4.77. The predicted molar refractivity (Wildman–Crippen MR) is 67.2 cm³/mol. The fourth-order valence-electron chi connectivity index (χ4n) is 1.75. The third-order valence-electron chi connectivity index (χ3n) is 2.50. The van der Waals surface area contributed by atoms with Gasteiger partial charge in [-0.2, -0.15) is 0 Å². The molecule has 0 saturated heterocycles. The van der Waals surface area contributed by atoms with Gasteiger partial charge in [-0.05, 0) is 58.7 Å². The van der Waals surface area contributed by atoms with Gasteiger partial charge in [0.2, 0.25) is 10.0 Å². The molecule has 1 unspecified atom stereocenters. The van der Waals surface area contributed by atoms with Gasteiger partial charge < -0.3 is 0 Å². The van der Waals surface area contributed by atoms with Crippen LogP contribution >= 0.6 is 22.6 Å². The zero-order chi connectivity index (χ0) is 11.1. The van der Waals surface area contributed by atoms with Crippen molar-refractivity contribution in [3.05, 3.63) is 27.3 Å². The lowest BCUT2D eigenvalue weighted by molar-refractivity contribution is 0.552. The fraction of sp³-hybridized carbons (Fsp3) is 0.400. The van der Waals surface area contributed by atoms with Crippen molar-refractivity contribution in [2.24, 2.45) is 5.92 Å². The van der Waals surface area contributed by atoms with Gasteiger partial charge in [-0.1, -0.05) is 6.92 Å². The maximum absolute atomic E-state index is 11.8. The molecule has 15 heavy (non-hydrogen) atoms. The SMILES string of the molecule is CC1CNS(=O)(=O)c2ccc(I)cc2C1. The molecular formula is C10H12INO2S. The molecule has 0 bridgehead atoms. The van der Waals surface area contributed by atoms with Crippen LogP contribution in [-0.2, 0) is 16.4 Å². The summed E-state index contributed by atoms with van der Waals surface area (Å²) in [5.41, 5.74) is 0.930. The first-order valence-corrected chi connectivity index (χ1v) is 7.33. The molecule has 0 spiro atoms. The maximum atomic E-state index is 11.8. The highest BCUT2D eigenvalue weighted by Crippen LogP contribution is 2.24. The van der Waals surface area contributed by atoms with E-state index in [1.807, 2.05) is 12.1 Å². The molecule has 1 aromatic carbocycles. The van der Waals surface area contributed by atoms with Gasteiger partial charge in [0, 0.05) is 10.1 Å². The standard InChI is InChI=1S/C10H12INO2S/c1-7-4-8-5-9(11)2-3-10(8)15(13,14)12-6-7/h2-3,5,7,12H,4,6H2,1H3.